The SMILES string of the molecule is C=CC1CC1=C=C(C)C. The van der Waals surface area contributed by atoms with Crippen molar-refractivity contribution in [2.45, 2.75) is 20.3 Å². The zero-order chi connectivity index (χ0) is 6.85. The van der Waals surface area contributed by atoms with Gasteiger partial charge in [-0.15, -0.1) is 12.3 Å². The molecule has 0 heterocycles. The fourth-order valence-corrected chi connectivity index (χ4v) is 0.868. The molecule has 1 unspecified atom stereocenters. The van der Waals surface area contributed by atoms with Crippen LogP contribution < -0.4 is 0 Å². The topological polar surface area (TPSA) is 0 Å². The van der Waals surface area contributed by atoms with E-state index >= 15 is 0 Å². The molecule has 0 aliphatic heterocycles. The maximum Gasteiger partial charge on any atom is 0.00939 e. The lowest BCUT2D eigenvalue weighted by molar-refractivity contribution is 1.17. The van der Waals surface area contributed by atoms with E-state index in [-0.39, 0.29) is 0 Å². The molecule has 1 rings (SSSR count). The van der Waals surface area contributed by atoms with Gasteiger partial charge in [-0.2, -0.15) is 0 Å². The first-order valence-electron chi connectivity index (χ1n) is 3.29. The van der Waals surface area contributed by atoms with Crippen molar-refractivity contribution in [3.63, 3.8) is 0 Å². The second kappa shape index (κ2) is 2.24. The van der Waals surface area contributed by atoms with Gasteiger partial charge < -0.3 is 0 Å². The van der Waals surface area contributed by atoms with Crippen LogP contribution in [0.5, 0.6) is 0 Å². The molecule has 0 aromatic rings. The molecule has 0 heteroatoms. The average Bonchev–Trinajstić information content (AvgIpc) is 2.45. The van der Waals surface area contributed by atoms with Gasteiger partial charge in [0.25, 0.3) is 0 Å². The summed E-state index contributed by atoms with van der Waals surface area (Å²) in [7, 11) is 0. The van der Waals surface area contributed by atoms with Crippen LogP contribution in [-0.2, 0) is 0 Å². The first-order valence-corrected chi connectivity index (χ1v) is 3.29. The number of hydrogen-bond acceptors (Lipinski definition) is 0. The summed E-state index contributed by atoms with van der Waals surface area (Å²) in [6.45, 7) is 7.86. The summed E-state index contributed by atoms with van der Waals surface area (Å²) < 4.78 is 0. The minimum atomic E-state index is 0.653. The van der Waals surface area contributed by atoms with Gasteiger partial charge >= 0.3 is 0 Å². The average molecular weight is 120 g/mol. The second-order valence-electron chi connectivity index (χ2n) is 2.70. The third kappa shape index (κ3) is 1.58. The van der Waals surface area contributed by atoms with E-state index in [2.05, 4.69) is 26.2 Å². The second-order valence-corrected chi connectivity index (χ2v) is 2.70. The van der Waals surface area contributed by atoms with Gasteiger partial charge in [-0.1, -0.05) is 6.08 Å². The zero-order valence-corrected chi connectivity index (χ0v) is 6.07. The third-order valence-corrected chi connectivity index (χ3v) is 1.42. The molecular weight excluding hydrogens is 108 g/mol. The quantitative estimate of drug-likeness (QED) is 0.368. The van der Waals surface area contributed by atoms with Gasteiger partial charge in [0, 0.05) is 5.92 Å². The summed E-state index contributed by atoms with van der Waals surface area (Å²) in [5.41, 5.74) is 5.97. The third-order valence-electron chi connectivity index (χ3n) is 1.42. The Morgan fingerprint density at radius 2 is 2.44 bits per heavy atom. The first kappa shape index (κ1) is 6.38. The standard InChI is InChI=1S/C9H12/c1-4-8-6-9(8)5-7(2)3/h4,8H,1,6H2,2-3H3. The van der Waals surface area contributed by atoms with E-state index in [1.54, 1.807) is 0 Å². The molecule has 0 amide bonds. The fraction of sp³-hybridized carbons (Fsp3) is 0.444. The van der Waals surface area contributed by atoms with E-state index in [1.165, 1.54) is 17.6 Å². The molecule has 1 aliphatic rings. The van der Waals surface area contributed by atoms with E-state index < -0.39 is 0 Å². The smallest absolute Gasteiger partial charge is 0.00939 e. The molecule has 0 spiro atoms. The van der Waals surface area contributed by atoms with Crippen molar-refractivity contribution in [3.05, 3.63) is 29.5 Å². The van der Waals surface area contributed by atoms with Crippen LogP contribution in [0.15, 0.2) is 29.5 Å². The van der Waals surface area contributed by atoms with Crippen LogP contribution in [-0.4, -0.2) is 0 Å². The van der Waals surface area contributed by atoms with Gasteiger partial charge in [0.05, 0.1) is 0 Å². The summed E-state index contributed by atoms with van der Waals surface area (Å²) in [6, 6.07) is 0. The van der Waals surface area contributed by atoms with Crippen molar-refractivity contribution in [2.24, 2.45) is 5.92 Å². The maximum atomic E-state index is 3.71. The van der Waals surface area contributed by atoms with E-state index in [0.717, 1.165) is 0 Å². The van der Waals surface area contributed by atoms with Crippen molar-refractivity contribution in [3.8, 4) is 0 Å². The largest absolute Gasteiger partial charge is 0.123 e. The van der Waals surface area contributed by atoms with Gasteiger partial charge in [0.1, 0.15) is 0 Å². The Hall–Kier alpha value is -0.740. The fourth-order valence-electron chi connectivity index (χ4n) is 0.868. The molecule has 0 radical (unpaired) electrons. The molecule has 0 aromatic carbocycles. The first-order chi connectivity index (χ1) is 4.24. The van der Waals surface area contributed by atoms with E-state index in [1.807, 2.05) is 6.08 Å². The molecule has 9 heavy (non-hydrogen) atoms. The number of rotatable bonds is 1. The summed E-state index contributed by atoms with van der Waals surface area (Å²) in [4.78, 5) is 0. The Balaban J connectivity index is 2.70. The Bertz CT molecular complexity index is 186. The van der Waals surface area contributed by atoms with E-state index in [4.69, 9.17) is 0 Å². The Morgan fingerprint density at radius 3 is 2.78 bits per heavy atom. The highest BCUT2D eigenvalue weighted by Crippen LogP contribution is 2.37. The highest BCUT2D eigenvalue weighted by atomic mass is 14.3. The molecule has 0 aromatic heterocycles. The molecule has 48 valence electrons. The van der Waals surface area contributed by atoms with Crippen LogP contribution in [0.4, 0.5) is 0 Å². The molecule has 0 nitrogen and oxygen atoms in total. The molecule has 0 N–H and O–H groups in total. The predicted octanol–water partition coefficient (Wildman–Crippen LogP) is 2.68. The van der Waals surface area contributed by atoms with Crippen molar-refractivity contribution in [1.82, 2.24) is 0 Å². The minimum Gasteiger partial charge on any atom is -0.123 e. The van der Waals surface area contributed by atoms with Crippen LogP contribution in [0.1, 0.15) is 20.3 Å². The molecule has 1 aliphatic carbocycles. The van der Waals surface area contributed by atoms with E-state index in [9.17, 15) is 0 Å². The lowest BCUT2D eigenvalue weighted by atomic mass is 10.3. The Labute approximate surface area is 56.6 Å². The van der Waals surface area contributed by atoms with Crippen LogP contribution >= 0.6 is 0 Å². The van der Waals surface area contributed by atoms with Crippen LogP contribution in [0.25, 0.3) is 0 Å². The van der Waals surface area contributed by atoms with Crippen molar-refractivity contribution < 1.29 is 0 Å². The van der Waals surface area contributed by atoms with Crippen molar-refractivity contribution >= 4 is 0 Å². The maximum absolute atomic E-state index is 3.71. The van der Waals surface area contributed by atoms with Gasteiger partial charge in [0.2, 0.25) is 0 Å². The molecule has 1 fully saturated rings. The van der Waals surface area contributed by atoms with Crippen LogP contribution in [0, 0.1) is 5.92 Å². The summed E-state index contributed by atoms with van der Waals surface area (Å²) in [5, 5.41) is 0. The zero-order valence-electron chi connectivity index (χ0n) is 6.07. The van der Waals surface area contributed by atoms with Gasteiger partial charge in [0.15, 0.2) is 0 Å². The predicted molar refractivity (Wildman–Crippen MR) is 40.2 cm³/mol. The van der Waals surface area contributed by atoms with Crippen molar-refractivity contribution in [2.75, 3.05) is 0 Å². The summed E-state index contributed by atoms with van der Waals surface area (Å²) in [5.74, 6) is 0.653. The molecular formula is C9H12. The lowest BCUT2D eigenvalue weighted by Gasteiger charge is -1.74. The van der Waals surface area contributed by atoms with Crippen LogP contribution in [0.3, 0.4) is 0 Å². The monoisotopic (exact) mass is 120 g/mol. The summed E-state index contributed by atoms with van der Waals surface area (Å²) >= 11 is 0. The summed E-state index contributed by atoms with van der Waals surface area (Å²) in [6.07, 6.45) is 3.18. The Kier molecular flexibility index (Phi) is 1.59. The van der Waals surface area contributed by atoms with Crippen LogP contribution in [0.2, 0.25) is 0 Å². The lowest BCUT2D eigenvalue weighted by Crippen LogP contribution is -1.58. The molecule has 0 bridgehead atoms. The van der Waals surface area contributed by atoms with Gasteiger partial charge in [-0.25, -0.2) is 0 Å². The Morgan fingerprint density at radius 1 is 1.78 bits per heavy atom. The number of allylic oxidation sites excluding steroid dienone is 2. The van der Waals surface area contributed by atoms with Crippen molar-refractivity contribution in [1.29, 1.82) is 0 Å². The molecule has 1 atom stereocenters. The van der Waals surface area contributed by atoms with Gasteiger partial charge in [-0.3, -0.25) is 0 Å². The molecule has 1 saturated carbocycles. The van der Waals surface area contributed by atoms with E-state index in [0.29, 0.717) is 5.92 Å². The highest BCUT2D eigenvalue weighted by molar-refractivity contribution is 5.28. The normalized spacial score (nSPS) is 22.9. The minimum absolute atomic E-state index is 0.653. The molecule has 0 saturated heterocycles. The van der Waals surface area contributed by atoms with Gasteiger partial charge in [-0.05, 0) is 31.4 Å². The highest BCUT2D eigenvalue weighted by Gasteiger charge is 2.25. The number of hydrogen-bond donors (Lipinski definition) is 0.